The van der Waals surface area contributed by atoms with E-state index in [0.717, 1.165) is 12.8 Å². The van der Waals surface area contributed by atoms with Gasteiger partial charge in [0.2, 0.25) is 0 Å². The van der Waals surface area contributed by atoms with Crippen molar-refractivity contribution in [3.63, 3.8) is 0 Å². The average molecular weight is 178 g/mol. The van der Waals surface area contributed by atoms with Crippen molar-refractivity contribution in [2.45, 2.75) is 45.2 Å². The molecule has 0 aromatic carbocycles. The highest BCUT2D eigenvalue weighted by Crippen LogP contribution is 2.66. The van der Waals surface area contributed by atoms with E-state index in [1.807, 2.05) is 6.92 Å². The fourth-order valence-corrected chi connectivity index (χ4v) is 2.89. The minimum absolute atomic E-state index is 0.00944. The zero-order valence-corrected chi connectivity index (χ0v) is 7.17. The largest absolute Gasteiger partial charge is 0.394 e. The van der Waals surface area contributed by atoms with E-state index in [2.05, 4.69) is 0 Å². The van der Waals surface area contributed by atoms with Gasteiger partial charge in [-0.25, -0.2) is 0 Å². The second kappa shape index (κ2) is 1.99. The highest BCUT2D eigenvalue weighted by Gasteiger charge is 2.64. The molecule has 0 saturated heterocycles. The topological polar surface area (TPSA) is 0 Å². The molecule has 2 fully saturated rings. The van der Waals surface area contributed by atoms with Crippen LogP contribution >= 0.6 is 0 Å². The maximum atomic E-state index is 12.6. The number of hydrogen-bond donors (Lipinski definition) is 0. The molecule has 2 bridgehead atoms. The lowest BCUT2D eigenvalue weighted by atomic mass is 9.82. The number of hydrogen-bond acceptors (Lipinski definition) is 0. The molecule has 0 radical (unpaired) electrons. The summed E-state index contributed by atoms with van der Waals surface area (Å²) in [5, 5.41) is 0. The maximum absolute atomic E-state index is 12.6. The van der Waals surface area contributed by atoms with Crippen molar-refractivity contribution in [1.29, 1.82) is 0 Å². The molecule has 0 aromatic heterocycles. The van der Waals surface area contributed by atoms with Crippen LogP contribution in [0.25, 0.3) is 0 Å². The summed E-state index contributed by atoms with van der Waals surface area (Å²) in [5.41, 5.74) is -1.28. The minimum atomic E-state index is -3.96. The molecule has 0 heterocycles. The third-order valence-electron chi connectivity index (χ3n) is 3.78. The molecule has 12 heavy (non-hydrogen) atoms. The Morgan fingerprint density at radius 1 is 1.00 bits per heavy atom. The molecule has 2 aliphatic carbocycles. The fraction of sp³-hybridized carbons (Fsp3) is 1.00. The first-order chi connectivity index (χ1) is 5.37. The van der Waals surface area contributed by atoms with Gasteiger partial charge in [0.15, 0.2) is 0 Å². The monoisotopic (exact) mass is 178 g/mol. The lowest BCUT2D eigenvalue weighted by Crippen LogP contribution is -2.33. The van der Waals surface area contributed by atoms with E-state index in [1.54, 1.807) is 0 Å². The number of halogens is 3. The van der Waals surface area contributed by atoms with Gasteiger partial charge >= 0.3 is 6.18 Å². The van der Waals surface area contributed by atoms with E-state index < -0.39 is 11.6 Å². The van der Waals surface area contributed by atoms with Gasteiger partial charge in [-0.2, -0.15) is 13.2 Å². The van der Waals surface area contributed by atoms with Crippen LogP contribution in [0.4, 0.5) is 13.2 Å². The summed E-state index contributed by atoms with van der Waals surface area (Å²) in [6.07, 6.45) is -1.30. The van der Waals surface area contributed by atoms with Gasteiger partial charge in [-0.05, 0) is 37.5 Å². The van der Waals surface area contributed by atoms with Gasteiger partial charge in [-0.1, -0.05) is 6.92 Å². The molecule has 0 aliphatic heterocycles. The SMILES string of the molecule is CC12CCC(C(F)(F)F)(CC1)C2. The summed E-state index contributed by atoms with van der Waals surface area (Å²) in [7, 11) is 0. The Morgan fingerprint density at radius 2 is 1.50 bits per heavy atom. The predicted molar refractivity (Wildman–Crippen MR) is 39.7 cm³/mol. The molecule has 3 heteroatoms. The molecule has 2 rings (SSSR count). The summed E-state index contributed by atoms with van der Waals surface area (Å²) in [6.45, 7) is 1.99. The third kappa shape index (κ3) is 0.913. The average Bonchev–Trinajstić information content (AvgIpc) is 2.40. The molecule has 0 N–H and O–H groups in total. The lowest BCUT2D eigenvalue weighted by molar-refractivity contribution is -0.220. The Hall–Kier alpha value is -0.210. The molecule has 0 spiro atoms. The van der Waals surface area contributed by atoms with E-state index in [4.69, 9.17) is 0 Å². The summed E-state index contributed by atoms with van der Waals surface area (Å²) in [5.74, 6) is 0. The van der Waals surface area contributed by atoms with Crippen LogP contribution in [0.15, 0.2) is 0 Å². The highest BCUT2D eigenvalue weighted by molar-refractivity contribution is 5.05. The first kappa shape index (κ1) is 8.39. The molecule has 0 nitrogen and oxygen atoms in total. The molecule has 0 atom stereocenters. The zero-order valence-electron chi connectivity index (χ0n) is 7.17. The Balaban J connectivity index is 2.27. The van der Waals surface area contributed by atoms with Gasteiger partial charge in [0, 0.05) is 0 Å². The van der Waals surface area contributed by atoms with E-state index in [9.17, 15) is 13.2 Å². The predicted octanol–water partition coefficient (Wildman–Crippen LogP) is 3.52. The van der Waals surface area contributed by atoms with Crippen molar-refractivity contribution in [1.82, 2.24) is 0 Å². The third-order valence-corrected chi connectivity index (χ3v) is 3.78. The van der Waals surface area contributed by atoms with Crippen molar-refractivity contribution in [3.8, 4) is 0 Å². The second-order valence-corrected chi connectivity index (χ2v) is 4.77. The van der Waals surface area contributed by atoms with E-state index in [-0.39, 0.29) is 5.41 Å². The molecule has 70 valence electrons. The summed E-state index contributed by atoms with van der Waals surface area (Å²) in [6, 6.07) is 0. The van der Waals surface area contributed by atoms with Crippen molar-refractivity contribution >= 4 is 0 Å². The number of fused-ring (bicyclic) bond motifs is 2. The van der Waals surface area contributed by atoms with Crippen LogP contribution in [0, 0.1) is 10.8 Å². The normalized spacial score (nSPS) is 47.0. The second-order valence-electron chi connectivity index (χ2n) is 4.77. The molecule has 0 aromatic rings. The Morgan fingerprint density at radius 3 is 1.67 bits per heavy atom. The van der Waals surface area contributed by atoms with Gasteiger partial charge in [0.05, 0.1) is 5.41 Å². The van der Waals surface area contributed by atoms with Crippen LogP contribution in [0.5, 0.6) is 0 Å². The van der Waals surface area contributed by atoms with Gasteiger partial charge in [-0.3, -0.25) is 0 Å². The Kier molecular flexibility index (Phi) is 1.39. The first-order valence-electron chi connectivity index (χ1n) is 4.44. The van der Waals surface area contributed by atoms with Crippen molar-refractivity contribution in [2.24, 2.45) is 10.8 Å². The van der Waals surface area contributed by atoms with Crippen molar-refractivity contribution in [2.75, 3.05) is 0 Å². The molecule has 2 aliphatic rings. The standard InChI is InChI=1S/C9H13F3/c1-7-2-4-8(6-7,5-3-7)9(10,11)12/h2-6H2,1H3. The molecular formula is C9H13F3. The molecular weight excluding hydrogens is 165 g/mol. The quantitative estimate of drug-likeness (QED) is 0.532. The van der Waals surface area contributed by atoms with E-state index in [1.165, 1.54) is 0 Å². The summed E-state index contributed by atoms with van der Waals surface area (Å²) < 4.78 is 37.8. The Labute approximate surface area is 70.1 Å². The van der Waals surface area contributed by atoms with Crippen molar-refractivity contribution < 1.29 is 13.2 Å². The molecule has 0 amide bonds. The highest BCUT2D eigenvalue weighted by atomic mass is 19.4. The molecule has 0 unspecified atom stereocenters. The fourth-order valence-electron chi connectivity index (χ4n) is 2.89. The van der Waals surface area contributed by atoms with Gasteiger partial charge in [0.25, 0.3) is 0 Å². The van der Waals surface area contributed by atoms with Crippen molar-refractivity contribution in [3.05, 3.63) is 0 Å². The number of rotatable bonds is 0. The molecule has 2 saturated carbocycles. The van der Waals surface area contributed by atoms with Crippen LogP contribution in [0.3, 0.4) is 0 Å². The van der Waals surface area contributed by atoms with Crippen LogP contribution in [0.2, 0.25) is 0 Å². The Bertz CT molecular complexity index is 196. The van der Waals surface area contributed by atoms with Crippen LogP contribution in [0.1, 0.15) is 39.0 Å². The lowest BCUT2D eigenvalue weighted by Gasteiger charge is -2.29. The van der Waals surface area contributed by atoms with Gasteiger partial charge in [0.1, 0.15) is 0 Å². The summed E-state index contributed by atoms with van der Waals surface area (Å²) >= 11 is 0. The van der Waals surface area contributed by atoms with Crippen LogP contribution < -0.4 is 0 Å². The summed E-state index contributed by atoms with van der Waals surface area (Å²) in [4.78, 5) is 0. The van der Waals surface area contributed by atoms with E-state index >= 15 is 0 Å². The smallest absolute Gasteiger partial charge is 0.171 e. The van der Waals surface area contributed by atoms with Gasteiger partial charge < -0.3 is 0 Å². The minimum Gasteiger partial charge on any atom is -0.171 e. The maximum Gasteiger partial charge on any atom is 0.394 e. The van der Waals surface area contributed by atoms with Crippen LogP contribution in [-0.4, -0.2) is 6.18 Å². The zero-order chi connectivity index (χ0) is 9.04. The van der Waals surface area contributed by atoms with Crippen LogP contribution in [-0.2, 0) is 0 Å². The van der Waals surface area contributed by atoms with E-state index in [0.29, 0.717) is 19.3 Å². The first-order valence-corrected chi connectivity index (χ1v) is 4.44. The van der Waals surface area contributed by atoms with Gasteiger partial charge in [-0.15, -0.1) is 0 Å². The number of alkyl halides is 3.